The summed E-state index contributed by atoms with van der Waals surface area (Å²) < 4.78 is 75.0. The van der Waals surface area contributed by atoms with Gasteiger partial charge in [0.1, 0.15) is 6.10 Å². The highest BCUT2D eigenvalue weighted by atomic mass is 32.2. The number of rotatable bonds is 14. The summed E-state index contributed by atoms with van der Waals surface area (Å²) in [4.78, 5) is 12.9. The van der Waals surface area contributed by atoms with Gasteiger partial charge in [0.25, 0.3) is 0 Å². The van der Waals surface area contributed by atoms with Crippen LogP contribution in [0.3, 0.4) is 0 Å². The fourth-order valence-electron chi connectivity index (χ4n) is 6.23. The number of phenolic OH excluding ortho intramolecular Hbond substituents is 1. The van der Waals surface area contributed by atoms with Crippen LogP contribution in [0.15, 0.2) is 47.4 Å². The zero-order valence-electron chi connectivity index (χ0n) is 26.6. The minimum Gasteiger partial charge on any atom is -0.504 e. The van der Waals surface area contributed by atoms with Crippen molar-refractivity contribution in [3.63, 3.8) is 0 Å². The summed E-state index contributed by atoms with van der Waals surface area (Å²) in [6.45, 7) is 5.58. The number of aliphatic hydroxyl groups is 1. The van der Waals surface area contributed by atoms with Gasteiger partial charge < -0.3 is 43.5 Å². The van der Waals surface area contributed by atoms with Crippen molar-refractivity contribution in [3.8, 4) is 11.5 Å². The van der Waals surface area contributed by atoms with Crippen LogP contribution in [0.4, 0.5) is 4.79 Å². The van der Waals surface area contributed by atoms with Crippen molar-refractivity contribution in [1.29, 1.82) is 0 Å². The molecule has 0 saturated carbocycles. The molecule has 0 aliphatic carbocycles. The molecule has 3 heterocycles. The van der Waals surface area contributed by atoms with Gasteiger partial charge in [-0.1, -0.05) is 37.3 Å². The average Bonchev–Trinajstić information content (AvgIpc) is 3.65. The molecule has 1 unspecified atom stereocenters. The monoisotopic (exact) mass is 698 g/mol. The first kappa shape index (κ1) is 35.6. The van der Waals surface area contributed by atoms with Crippen LogP contribution in [-0.4, -0.2) is 99.4 Å². The Balaban J connectivity index is 1.34. The second kappa shape index (κ2) is 15.2. The number of aromatic hydroxyl groups is 1. The van der Waals surface area contributed by atoms with Gasteiger partial charge in [0.2, 0.25) is 10.0 Å². The number of ether oxygens (including phenoxy) is 4. The molecule has 2 aromatic rings. The predicted molar refractivity (Wildman–Crippen MR) is 169 cm³/mol. The van der Waals surface area contributed by atoms with Crippen molar-refractivity contribution in [2.75, 3.05) is 45.9 Å². The van der Waals surface area contributed by atoms with Crippen LogP contribution in [-0.2, 0) is 44.3 Å². The quantitative estimate of drug-likeness (QED) is 0.245. The second-order valence-electron chi connectivity index (χ2n) is 11.7. The number of aliphatic hydroxyl groups excluding tert-OH is 1. The zero-order chi connectivity index (χ0) is 33.8. The van der Waals surface area contributed by atoms with E-state index in [1.54, 1.807) is 20.8 Å². The zero-order valence-corrected chi connectivity index (χ0v) is 28.4. The molecule has 3 aliphatic heterocycles. The van der Waals surface area contributed by atoms with E-state index >= 15 is 0 Å². The Kier molecular flexibility index (Phi) is 11.5. The first-order valence-electron chi connectivity index (χ1n) is 15.7. The van der Waals surface area contributed by atoms with Crippen molar-refractivity contribution in [3.05, 3.63) is 53.6 Å². The van der Waals surface area contributed by atoms with Gasteiger partial charge >= 0.3 is 13.7 Å². The molecule has 16 heteroatoms. The Morgan fingerprint density at radius 3 is 2.55 bits per heavy atom. The highest BCUT2D eigenvalue weighted by Crippen LogP contribution is 2.50. The standard InChI is InChI=1S/C31H43N2O12PS/c1-4-43-46(37,44-5-2)19-42-29-24(34)11-12-27-28(29)20(3)16-33(47(27,38)39)17-25(35)23(15-21-9-7-6-8-10-21)32-31(36)45-26-18-41-30-22(26)13-14-40-30/h6-12,20,22-23,25-26,30,34-35H,4-5,13-19H2,1-3H3,(H,32,36)/t20?,22-,23-,25+,26-,30+/m0/s1. The molecule has 2 aromatic carbocycles. The normalized spacial score (nSPS) is 25.0. The number of benzene rings is 2. The van der Waals surface area contributed by atoms with Crippen molar-refractivity contribution in [2.24, 2.45) is 5.92 Å². The van der Waals surface area contributed by atoms with E-state index in [0.29, 0.717) is 13.0 Å². The molecular formula is C31H43N2O12PS. The Morgan fingerprint density at radius 1 is 1.13 bits per heavy atom. The lowest BCUT2D eigenvalue weighted by Gasteiger charge is -2.36. The lowest BCUT2D eigenvalue weighted by Crippen LogP contribution is -2.52. The lowest BCUT2D eigenvalue weighted by atomic mass is 9.98. The third-order valence-corrected chi connectivity index (χ3v) is 12.1. The first-order valence-corrected chi connectivity index (χ1v) is 18.9. The van der Waals surface area contributed by atoms with Gasteiger partial charge in [-0.3, -0.25) is 4.57 Å². The molecule has 2 saturated heterocycles. The summed E-state index contributed by atoms with van der Waals surface area (Å²) in [7, 11) is -7.89. The van der Waals surface area contributed by atoms with Gasteiger partial charge in [0.05, 0.1) is 49.4 Å². The molecule has 0 spiro atoms. The number of sulfonamides is 1. The fourth-order valence-corrected chi connectivity index (χ4v) is 9.38. The minimum atomic E-state index is -4.21. The van der Waals surface area contributed by atoms with Crippen molar-refractivity contribution < 1.29 is 56.0 Å². The van der Waals surface area contributed by atoms with Crippen LogP contribution in [0.1, 0.15) is 44.2 Å². The molecule has 5 rings (SSSR count). The van der Waals surface area contributed by atoms with E-state index in [2.05, 4.69) is 5.32 Å². The van der Waals surface area contributed by atoms with Gasteiger partial charge in [-0.05, 0) is 44.4 Å². The smallest absolute Gasteiger partial charge is 0.407 e. The van der Waals surface area contributed by atoms with E-state index in [4.69, 9.17) is 28.0 Å². The van der Waals surface area contributed by atoms with Gasteiger partial charge in [-0.25, -0.2) is 13.2 Å². The maximum Gasteiger partial charge on any atom is 0.407 e. The summed E-state index contributed by atoms with van der Waals surface area (Å²) in [5.41, 5.74) is 1.03. The van der Waals surface area contributed by atoms with Crippen LogP contribution >= 0.6 is 7.60 Å². The predicted octanol–water partition coefficient (Wildman–Crippen LogP) is 3.56. The number of fused-ring (bicyclic) bond motifs is 2. The molecule has 14 nitrogen and oxygen atoms in total. The van der Waals surface area contributed by atoms with E-state index in [1.165, 1.54) is 12.1 Å². The number of nitrogens with zero attached hydrogens (tertiary/aromatic N) is 1. The minimum absolute atomic E-state index is 0.0637. The topological polar surface area (TPSA) is 179 Å². The molecule has 260 valence electrons. The van der Waals surface area contributed by atoms with Crippen molar-refractivity contribution in [1.82, 2.24) is 9.62 Å². The number of β-amino-alcohol motifs (C(OH)–C–C–N with tert-alkyl or cyclic N) is 1. The highest BCUT2D eigenvalue weighted by molar-refractivity contribution is 7.89. The number of alkyl carbamates (subject to hydrolysis) is 1. The number of amides is 1. The van der Waals surface area contributed by atoms with Gasteiger partial charge in [0.15, 0.2) is 24.1 Å². The molecule has 1 amide bonds. The Morgan fingerprint density at radius 2 is 1.85 bits per heavy atom. The molecule has 0 bridgehead atoms. The molecule has 3 N–H and O–H groups in total. The van der Waals surface area contributed by atoms with Crippen LogP contribution in [0.5, 0.6) is 11.5 Å². The van der Waals surface area contributed by atoms with E-state index < -0.39 is 60.5 Å². The lowest BCUT2D eigenvalue weighted by molar-refractivity contribution is -0.0907. The van der Waals surface area contributed by atoms with Gasteiger partial charge in [0, 0.05) is 24.6 Å². The number of nitrogens with one attached hydrogen (secondary N) is 1. The molecule has 6 atom stereocenters. The largest absolute Gasteiger partial charge is 0.504 e. The molecule has 0 aromatic heterocycles. The second-order valence-corrected chi connectivity index (χ2v) is 15.6. The molecule has 0 radical (unpaired) electrons. The maximum atomic E-state index is 13.9. The summed E-state index contributed by atoms with van der Waals surface area (Å²) >= 11 is 0. The first-order chi connectivity index (χ1) is 22.5. The van der Waals surface area contributed by atoms with Crippen LogP contribution in [0.2, 0.25) is 0 Å². The Hall–Kier alpha value is -2.75. The Labute approximate surface area is 274 Å². The summed E-state index contributed by atoms with van der Waals surface area (Å²) in [5.74, 6) is -1.03. The molecule has 3 aliphatic rings. The maximum absolute atomic E-state index is 13.9. The van der Waals surface area contributed by atoms with E-state index in [-0.39, 0.29) is 67.2 Å². The SMILES string of the molecule is CCOP(=O)(COc1c(O)ccc2c1C(C)CN(C[C@@H](O)[C@H](Cc1ccccc1)NC(=O)O[C@H]1CO[C@H]3OCC[C@H]31)S2(=O)=O)OCC. The van der Waals surface area contributed by atoms with Crippen LogP contribution in [0, 0.1) is 5.92 Å². The third-order valence-electron chi connectivity index (χ3n) is 8.44. The highest BCUT2D eigenvalue weighted by Gasteiger charge is 2.45. The average molecular weight is 699 g/mol. The summed E-state index contributed by atoms with van der Waals surface area (Å²) in [5, 5.41) is 24.9. The summed E-state index contributed by atoms with van der Waals surface area (Å²) in [6.07, 6.45) is -2.60. The number of hydrogen-bond acceptors (Lipinski definition) is 12. The van der Waals surface area contributed by atoms with Crippen LogP contribution in [0.25, 0.3) is 0 Å². The fraction of sp³-hybridized carbons (Fsp3) is 0.581. The summed E-state index contributed by atoms with van der Waals surface area (Å²) in [6, 6.07) is 10.8. The number of carbonyl (C=O) groups is 1. The van der Waals surface area contributed by atoms with Crippen LogP contribution < -0.4 is 10.1 Å². The molecular weight excluding hydrogens is 655 g/mol. The van der Waals surface area contributed by atoms with Crippen molar-refractivity contribution >= 4 is 23.7 Å². The van der Waals surface area contributed by atoms with E-state index in [0.717, 1.165) is 9.87 Å². The van der Waals surface area contributed by atoms with E-state index in [1.807, 2.05) is 30.3 Å². The molecule has 2 fully saturated rings. The van der Waals surface area contributed by atoms with Crippen molar-refractivity contribution in [2.45, 2.75) is 69.0 Å². The number of phenols is 1. The van der Waals surface area contributed by atoms with E-state index in [9.17, 15) is 28.0 Å². The Bertz CT molecular complexity index is 1530. The van der Waals surface area contributed by atoms with Gasteiger partial charge in [-0.15, -0.1) is 0 Å². The van der Waals surface area contributed by atoms with Gasteiger partial charge in [-0.2, -0.15) is 4.31 Å². The number of hydrogen-bond donors (Lipinski definition) is 3. The third kappa shape index (κ3) is 8.11. The number of carbonyl (C=O) groups excluding carboxylic acids is 1. The molecule has 47 heavy (non-hydrogen) atoms.